The summed E-state index contributed by atoms with van der Waals surface area (Å²) in [6.07, 6.45) is 0.139. The van der Waals surface area contributed by atoms with Crippen LogP contribution in [0.3, 0.4) is 0 Å². The topological polar surface area (TPSA) is 177 Å². The van der Waals surface area contributed by atoms with Gasteiger partial charge in [-0.1, -0.05) is 12.1 Å². The van der Waals surface area contributed by atoms with Crippen LogP contribution in [-0.2, 0) is 36.9 Å². The number of morpholine rings is 1. The van der Waals surface area contributed by atoms with Gasteiger partial charge >= 0.3 is 0 Å². The highest BCUT2D eigenvalue weighted by Gasteiger charge is 2.69. The van der Waals surface area contributed by atoms with Gasteiger partial charge in [-0.05, 0) is 67.7 Å². The molecule has 238 valence electrons. The molecule has 0 aromatic heterocycles. The zero-order valence-corrected chi connectivity index (χ0v) is 25.4. The molecule has 2 unspecified atom stereocenters. The van der Waals surface area contributed by atoms with E-state index in [0.717, 1.165) is 18.7 Å². The number of hydrogen-bond donors (Lipinski definition) is 3. The van der Waals surface area contributed by atoms with Gasteiger partial charge in [-0.3, -0.25) is 33.8 Å². The zero-order chi connectivity index (χ0) is 32.4. The van der Waals surface area contributed by atoms with Crippen LogP contribution in [0.25, 0.3) is 11.1 Å². The van der Waals surface area contributed by atoms with Crippen LogP contribution >= 0.6 is 0 Å². The number of carbonyl (C=O) groups excluding carboxylic acids is 5. The number of benzene rings is 2. The van der Waals surface area contributed by atoms with Crippen molar-refractivity contribution in [2.24, 2.45) is 29.4 Å². The Labute approximate surface area is 260 Å². The number of aromatic hydroxyl groups is 1. The maximum absolute atomic E-state index is 14.1. The molecule has 2 aromatic carbocycles. The van der Waals surface area contributed by atoms with Crippen LogP contribution in [0.5, 0.6) is 11.5 Å². The summed E-state index contributed by atoms with van der Waals surface area (Å²) in [5, 5.41) is 22.8. The zero-order valence-electron chi connectivity index (χ0n) is 25.4. The molecule has 4 N–H and O–H groups in total. The standard InChI is InChI=1S/C33H37N3O9/c1-35(2)27-21-14-17-13-20-18(19-12-16(4-7-23(19)44-3)15-36-8-10-45-11-9-36)5-6-22(37)25(20)28(38)24(17)30(40)33(21,43)31(41)26(29(27)39)32(34)42/h4-7,12,17,21,24,26-27,37,43H,8-11,13-15H2,1-3H3,(H2,34,42)/t17-,21-,24?,26?,27-,33-/m1/s1. The van der Waals surface area contributed by atoms with Crippen LogP contribution in [0.1, 0.15) is 27.9 Å². The van der Waals surface area contributed by atoms with E-state index >= 15 is 0 Å². The molecule has 2 aromatic rings. The summed E-state index contributed by atoms with van der Waals surface area (Å²) in [5.41, 5.74) is 5.48. The molecule has 2 saturated carbocycles. The van der Waals surface area contributed by atoms with E-state index < -0.39 is 64.4 Å². The molecule has 3 aliphatic carbocycles. The van der Waals surface area contributed by atoms with Crippen LogP contribution < -0.4 is 10.5 Å². The second-order valence-corrected chi connectivity index (χ2v) is 12.7. The molecule has 6 atom stereocenters. The first-order valence-corrected chi connectivity index (χ1v) is 15.1. The molecule has 0 spiro atoms. The van der Waals surface area contributed by atoms with Crippen molar-refractivity contribution in [3.63, 3.8) is 0 Å². The minimum absolute atomic E-state index is 0.0206. The number of phenolic OH excluding ortho intramolecular Hbond substituents is 1. The van der Waals surface area contributed by atoms with Crippen LogP contribution in [0.4, 0.5) is 0 Å². The first-order valence-electron chi connectivity index (χ1n) is 15.1. The Bertz CT molecular complexity index is 1610. The van der Waals surface area contributed by atoms with Crippen LogP contribution in [0, 0.1) is 23.7 Å². The van der Waals surface area contributed by atoms with E-state index in [9.17, 15) is 34.2 Å². The lowest BCUT2D eigenvalue weighted by Gasteiger charge is -2.52. The van der Waals surface area contributed by atoms with Crippen molar-refractivity contribution in [3.05, 3.63) is 47.0 Å². The average Bonchev–Trinajstić information content (AvgIpc) is 2.99. The van der Waals surface area contributed by atoms with Gasteiger partial charge in [-0.25, -0.2) is 0 Å². The summed E-state index contributed by atoms with van der Waals surface area (Å²) in [6, 6.07) is 7.77. The molecule has 1 aliphatic heterocycles. The number of hydrogen-bond acceptors (Lipinski definition) is 11. The number of ether oxygens (including phenoxy) is 2. The van der Waals surface area contributed by atoms with Crippen LogP contribution in [0.2, 0.25) is 0 Å². The number of aliphatic hydroxyl groups is 1. The number of fused-ring (bicyclic) bond motifs is 3. The van der Waals surface area contributed by atoms with E-state index in [1.54, 1.807) is 27.3 Å². The Morgan fingerprint density at radius 1 is 1.09 bits per heavy atom. The lowest BCUT2D eigenvalue weighted by Crippen LogP contribution is -2.74. The lowest BCUT2D eigenvalue weighted by molar-refractivity contribution is -0.181. The predicted octanol–water partition coefficient (Wildman–Crippen LogP) is 0.375. The Morgan fingerprint density at radius 3 is 2.44 bits per heavy atom. The fourth-order valence-corrected chi connectivity index (χ4v) is 7.94. The van der Waals surface area contributed by atoms with Gasteiger partial charge in [-0.2, -0.15) is 0 Å². The summed E-state index contributed by atoms with van der Waals surface area (Å²) in [7, 11) is 4.66. The summed E-state index contributed by atoms with van der Waals surface area (Å²) < 4.78 is 11.2. The van der Waals surface area contributed by atoms with Crippen molar-refractivity contribution in [2.45, 2.75) is 31.0 Å². The van der Waals surface area contributed by atoms with Crippen molar-refractivity contribution in [1.82, 2.24) is 9.80 Å². The third-order valence-corrected chi connectivity index (χ3v) is 10.0. The molecule has 45 heavy (non-hydrogen) atoms. The number of nitrogens with zero attached hydrogens (tertiary/aromatic N) is 2. The number of methoxy groups -OCH3 is 1. The SMILES string of the molecule is COc1ccc(CN2CCOCC2)cc1-c1ccc(O)c2c1C[C@@H]1C[C@@H]3[C@@H](N(C)C)C(=O)C(C(N)=O)C(=O)[C@]3(O)C(=O)C1C2=O. The van der Waals surface area contributed by atoms with E-state index in [0.29, 0.717) is 42.2 Å². The summed E-state index contributed by atoms with van der Waals surface area (Å²) in [4.78, 5) is 71.1. The fourth-order valence-electron chi connectivity index (χ4n) is 7.94. The third kappa shape index (κ3) is 4.78. The highest BCUT2D eigenvalue weighted by molar-refractivity contribution is 6.32. The first kappa shape index (κ1) is 31.0. The van der Waals surface area contributed by atoms with E-state index in [2.05, 4.69) is 4.90 Å². The Morgan fingerprint density at radius 2 is 1.80 bits per heavy atom. The Hall–Kier alpha value is -3.97. The number of ketones is 4. The van der Waals surface area contributed by atoms with Gasteiger partial charge in [-0.15, -0.1) is 0 Å². The van der Waals surface area contributed by atoms with Crippen LogP contribution in [0.15, 0.2) is 30.3 Å². The number of nitrogens with two attached hydrogens (primary N) is 1. The number of amides is 1. The van der Waals surface area contributed by atoms with Crippen molar-refractivity contribution < 1.29 is 43.7 Å². The monoisotopic (exact) mass is 619 g/mol. The Balaban J connectivity index is 1.44. The smallest absolute Gasteiger partial charge is 0.235 e. The molecule has 6 rings (SSSR count). The molecule has 12 nitrogen and oxygen atoms in total. The molecule has 4 aliphatic rings. The van der Waals surface area contributed by atoms with Crippen molar-refractivity contribution in [3.8, 4) is 22.6 Å². The molecule has 12 heteroatoms. The number of phenols is 1. The third-order valence-electron chi connectivity index (χ3n) is 10.0. The fraction of sp³-hybridized carbons (Fsp3) is 0.485. The van der Waals surface area contributed by atoms with E-state index in [-0.39, 0.29) is 24.2 Å². The minimum atomic E-state index is -2.76. The first-order chi connectivity index (χ1) is 21.4. The van der Waals surface area contributed by atoms with Crippen molar-refractivity contribution in [2.75, 3.05) is 47.5 Å². The normalized spacial score (nSPS) is 30.1. The number of primary amides is 1. The lowest BCUT2D eigenvalue weighted by atomic mass is 9.52. The second-order valence-electron chi connectivity index (χ2n) is 12.7. The molecule has 1 heterocycles. The van der Waals surface area contributed by atoms with Gasteiger partial charge < -0.3 is 25.4 Å². The van der Waals surface area contributed by atoms with Gasteiger partial charge in [0.15, 0.2) is 34.7 Å². The van der Waals surface area contributed by atoms with E-state index in [1.165, 1.54) is 11.0 Å². The predicted molar refractivity (Wildman–Crippen MR) is 159 cm³/mol. The molecule has 0 bridgehead atoms. The van der Waals surface area contributed by atoms with E-state index in [1.807, 2.05) is 18.2 Å². The average molecular weight is 620 g/mol. The van der Waals surface area contributed by atoms with Crippen molar-refractivity contribution >= 4 is 29.0 Å². The largest absolute Gasteiger partial charge is 0.507 e. The van der Waals surface area contributed by atoms with Gasteiger partial charge in [0.1, 0.15) is 11.5 Å². The van der Waals surface area contributed by atoms with Crippen LogP contribution in [-0.4, -0.2) is 108 Å². The number of rotatable bonds is 6. The minimum Gasteiger partial charge on any atom is -0.507 e. The van der Waals surface area contributed by atoms with Gasteiger partial charge in [0.2, 0.25) is 5.91 Å². The summed E-state index contributed by atoms with van der Waals surface area (Å²) >= 11 is 0. The molecule has 1 saturated heterocycles. The number of Topliss-reactive ketones (excluding diaryl/α,β-unsaturated/α-hetero) is 4. The molecular weight excluding hydrogens is 582 g/mol. The number of carbonyl (C=O) groups is 5. The second kappa shape index (κ2) is 11.4. The van der Waals surface area contributed by atoms with E-state index in [4.69, 9.17) is 15.2 Å². The highest BCUT2D eigenvalue weighted by atomic mass is 16.5. The molecule has 3 fully saturated rings. The summed E-state index contributed by atoms with van der Waals surface area (Å²) in [5.74, 6) is -10.2. The van der Waals surface area contributed by atoms with Gasteiger partial charge in [0, 0.05) is 31.1 Å². The number of likely N-dealkylation sites (N-methyl/N-ethyl adjacent to an activating group) is 1. The van der Waals surface area contributed by atoms with Gasteiger partial charge in [0.05, 0.1) is 37.8 Å². The highest BCUT2D eigenvalue weighted by Crippen LogP contribution is 2.52. The maximum atomic E-state index is 14.1. The quantitative estimate of drug-likeness (QED) is 0.381. The Kier molecular flexibility index (Phi) is 7.88. The summed E-state index contributed by atoms with van der Waals surface area (Å²) in [6.45, 7) is 3.59. The molecule has 1 amide bonds. The van der Waals surface area contributed by atoms with Crippen molar-refractivity contribution in [1.29, 1.82) is 0 Å². The maximum Gasteiger partial charge on any atom is 0.235 e. The molecular formula is C33H37N3O9. The van der Waals surface area contributed by atoms with Gasteiger partial charge in [0.25, 0.3) is 0 Å². The molecule has 0 radical (unpaired) electrons.